The quantitative estimate of drug-likeness (QED) is 0.647. The van der Waals surface area contributed by atoms with Gasteiger partial charge in [-0.2, -0.15) is 0 Å². The summed E-state index contributed by atoms with van der Waals surface area (Å²) in [5.41, 5.74) is 0.925. The van der Waals surface area contributed by atoms with Crippen LogP contribution in [0.2, 0.25) is 0 Å². The molecule has 0 aliphatic rings. The number of carbonyl (C=O) groups excluding carboxylic acids is 1. The first-order valence-corrected chi connectivity index (χ1v) is 7.91. The van der Waals surface area contributed by atoms with Crippen molar-refractivity contribution in [1.82, 2.24) is 5.32 Å². The second-order valence-electron chi connectivity index (χ2n) is 4.51. The fourth-order valence-corrected chi connectivity index (χ4v) is 2.52. The molecule has 0 aliphatic heterocycles. The first kappa shape index (κ1) is 17.5. The van der Waals surface area contributed by atoms with Crippen LogP contribution in [-0.4, -0.2) is 42.2 Å². The van der Waals surface area contributed by atoms with E-state index in [9.17, 15) is 9.59 Å². The molecule has 1 unspecified atom stereocenters. The van der Waals surface area contributed by atoms with Crippen molar-refractivity contribution in [2.24, 2.45) is 0 Å². The summed E-state index contributed by atoms with van der Waals surface area (Å²) in [6, 6.07) is 9.17. The van der Waals surface area contributed by atoms with Crippen LogP contribution in [0.4, 0.5) is 0 Å². The monoisotopic (exact) mass is 311 g/mol. The van der Waals surface area contributed by atoms with Crippen LogP contribution in [-0.2, 0) is 14.3 Å². The highest BCUT2D eigenvalue weighted by Gasteiger charge is 2.15. The average molecular weight is 311 g/mol. The van der Waals surface area contributed by atoms with Gasteiger partial charge >= 0.3 is 5.97 Å². The van der Waals surface area contributed by atoms with Crippen LogP contribution in [0, 0.1) is 0 Å². The number of carboxylic acid groups (broad SMARTS) is 1. The number of ether oxygens (including phenoxy) is 1. The maximum absolute atomic E-state index is 11.9. The zero-order chi connectivity index (χ0) is 15.5. The summed E-state index contributed by atoms with van der Waals surface area (Å²) in [7, 11) is 1.62. The van der Waals surface area contributed by atoms with Crippen LogP contribution < -0.4 is 5.32 Å². The molecule has 1 aromatic rings. The number of methoxy groups -OCH3 is 1. The minimum absolute atomic E-state index is 0.0245. The Morgan fingerprint density at radius 2 is 2.05 bits per heavy atom. The van der Waals surface area contributed by atoms with Crippen molar-refractivity contribution in [3.05, 3.63) is 35.9 Å². The van der Waals surface area contributed by atoms with Crippen molar-refractivity contribution in [3.8, 4) is 0 Å². The molecule has 1 atom stereocenters. The molecule has 1 rings (SSSR count). The van der Waals surface area contributed by atoms with E-state index < -0.39 is 5.97 Å². The summed E-state index contributed by atoms with van der Waals surface area (Å²) in [5, 5.41) is 11.7. The van der Waals surface area contributed by atoms with Gasteiger partial charge < -0.3 is 15.2 Å². The fraction of sp³-hybridized carbons (Fsp3) is 0.467. The molecule has 0 aliphatic carbocycles. The number of benzene rings is 1. The van der Waals surface area contributed by atoms with E-state index in [1.807, 2.05) is 30.3 Å². The zero-order valence-corrected chi connectivity index (χ0v) is 12.9. The predicted molar refractivity (Wildman–Crippen MR) is 83.4 cm³/mol. The van der Waals surface area contributed by atoms with Gasteiger partial charge in [0.05, 0.1) is 18.4 Å². The summed E-state index contributed by atoms with van der Waals surface area (Å²) >= 11 is 1.49. The fourth-order valence-electron chi connectivity index (χ4n) is 1.82. The molecule has 5 nitrogen and oxygen atoms in total. The minimum Gasteiger partial charge on any atom is -0.481 e. The summed E-state index contributed by atoms with van der Waals surface area (Å²) in [6.07, 6.45) is 0.407. The van der Waals surface area contributed by atoms with E-state index in [2.05, 4.69) is 5.32 Å². The standard InChI is InChI=1S/C15H21NO4S/c1-20-9-10-21-11-14(17)16-13(7-8-15(18)19)12-5-3-2-4-6-12/h2-6,13H,7-11H2,1H3,(H,16,17)(H,18,19). The lowest BCUT2D eigenvalue weighted by Gasteiger charge is -2.18. The SMILES string of the molecule is COCCSCC(=O)NC(CCC(=O)O)c1ccccc1. The average Bonchev–Trinajstić information content (AvgIpc) is 2.48. The Balaban J connectivity index is 2.52. The van der Waals surface area contributed by atoms with Gasteiger partial charge in [0.1, 0.15) is 0 Å². The second-order valence-corrected chi connectivity index (χ2v) is 5.61. The molecule has 116 valence electrons. The molecule has 1 amide bonds. The lowest BCUT2D eigenvalue weighted by Crippen LogP contribution is -2.30. The van der Waals surface area contributed by atoms with Crippen molar-refractivity contribution >= 4 is 23.6 Å². The van der Waals surface area contributed by atoms with Crippen molar-refractivity contribution in [1.29, 1.82) is 0 Å². The molecule has 6 heteroatoms. The molecule has 0 saturated heterocycles. The smallest absolute Gasteiger partial charge is 0.303 e. The van der Waals surface area contributed by atoms with Gasteiger partial charge in [-0.1, -0.05) is 30.3 Å². The Labute approximate surface area is 129 Å². The van der Waals surface area contributed by atoms with Gasteiger partial charge in [-0.25, -0.2) is 0 Å². The molecule has 2 N–H and O–H groups in total. The molecule has 21 heavy (non-hydrogen) atoms. The Kier molecular flexibility index (Phi) is 8.54. The van der Waals surface area contributed by atoms with Crippen molar-refractivity contribution in [2.75, 3.05) is 25.2 Å². The van der Waals surface area contributed by atoms with Gasteiger partial charge in [0.15, 0.2) is 0 Å². The molecule has 0 saturated carbocycles. The number of hydrogen-bond acceptors (Lipinski definition) is 4. The highest BCUT2D eigenvalue weighted by atomic mass is 32.2. The summed E-state index contributed by atoms with van der Waals surface area (Å²) in [4.78, 5) is 22.6. The zero-order valence-electron chi connectivity index (χ0n) is 12.1. The molecule has 0 spiro atoms. The summed E-state index contributed by atoms with van der Waals surface area (Å²) < 4.78 is 4.92. The number of rotatable bonds is 10. The number of aliphatic carboxylic acids is 1. The van der Waals surface area contributed by atoms with Gasteiger partial charge in [0.2, 0.25) is 5.91 Å². The third-order valence-electron chi connectivity index (χ3n) is 2.85. The van der Waals surface area contributed by atoms with E-state index in [1.165, 1.54) is 11.8 Å². The van der Waals surface area contributed by atoms with E-state index in [0.29, 0.717) is 18.8 Å². The first-order chi connectivity index (χ1) is 10.1. The largest absolute Gasteiger partial charge is 0.481 e. The van der Waals surface area contributed by atoms with Gasteiger partial charge in [0.25, 0.3) is 0 Å². The highest BCUT2D eigenvalue weighted by molar-refractivity contribution is 7.99. The van der Waals surface area contributed by atoms with Crippen LogP contribution in [0.5, 0.6) is 0 Å². The van der Waals surface area contributed by atoms with Gasteiger partial charge in [-0.15, -0.1) is 11.8 Å². The molecule has 0 fully saturated rings. The van der Waals surface area contributed by atoms with Crippen LogP contribution in [0.15, 0.2) is 30.3 Å². The third-order valence-corrected chi connectivity index (χ3v) is 3.77. The van der Waals surface area contributed by atoms with Crippen molar-refractivity contribution in [3.63, 3.8) is 0 Å². The normalized spacial score (nSPS) is 11.9. The van der Waals surface area contributed by atoms with E-state index in [1.54, 1.807) is 7.11 Å². The lowest BCUT2D eigenvalue weighted by molar-refractivity contribution is -0.137. The second kappa shape index (κ2) is 10.2. The topological polar surface area (TPSA) is 75.6 Å². The predicted octanol–water partition coefficient (Wildman–Crippen LogP) is 2.09. The Morgan fingerprint density at radius 1 is 1.33 bits per heavy atom. The number of thioether (sulfide) groups is 1. The van der Waals surface area contributed by atoms with E-state index in [-0.39, 0.29) is 18.4 Å². The number of hydrogen-bond donors (Lipinski definition) is 2. The number of amides is 1. The molecular weight excluding hydrogens is 290 g/mol. The number of carboxylic acids is 1. The molecule has 1 aromatic carbocycles. The number of nitrogens with one attached hydrogen (secondary N) is 1. The Morgan fingerprint density at radius 3 is 2.67 bits per heavy atom. The van der Waals surface area contributed by atoms with Crippen molar-refractivity contribution < 1.29 is 19.4 Å². The van der Waals surface area contributed by atoms with E-state index in [0.717, 1.165) is 11.3 Å². The van der Waals surface area contributed by atoms with Crippen molar-refractivity contribution in [2.45, 2.75) is 18.9 Å². The summed E-state index contributed by atoms with van der Waals surface area (Å²) in [5.74, 6) is 0.157. The minimum atomic E-state index is -0.861. The van der Waals surface area contributed by atoms with E-state index >= 15 is 0 Å². The van der Waals surface area contributed by atoms with E-state index in [4.69, 9.17) is 9.84 Å². The first-order valence-electron chi connectivity index (χ1n) is 6.76. The van der Waals surface area contributed by atoms with Crippen LogP contribution >= 0.6 is 11.8 Å². The van der Waals surface area contributed by atoms with Crippen LogP contribution in [0.1, 0.15) is 24.4 Å². The Bertz CT molecular complexity index is 439. The Hall–Kier alpha value is -1.53. The van der Waals surface area contributed by atoms with Crippen LogP contribution in [0.25, 0.3) is 0 Å². The highest BCUT2D eigenvalue weighted by Crippen LogP contribution is 2.18. The number of carbonyl (C=O) groups is 2. The van der Waals surface area contributed by atoms with Gasteiger partial charge in [0, 0.05) is 19.3 Å². The third kappa shape index (κ3) is 7.72. The summed E-state index contributed by atoms with van der Waals surface area (Å²) in [6.45, 7) is 0.610. The molecule has 0 heterocycles. The lowest BCUT2D eigenvalue weighted by atomic mass is 10.0. The van der Waals surface area contributed by atoms with Crippen LogP contribution in [0.3, 0.4) is 0 Å². The van der Waals surface area contributed by atoms with Gasteiger partial charge in [-0.3, -0.25) is 9.59 Å². The van der Waals surface area contributed by atoms with Gasteiger partial charge in [-0.05, 0) is 12.0 Å². The maximum Gasteiger partial charge on any atom is 0.303 e. The maximum atomic E-state index is 11.9. The molecule has 0 aromatic heterocycles. The molecular formula is C15H21NO4S. The molecule has 0 bridgehead atoms. The molecule has 0 radical (unpaired) electrons.